The van der Waals surface area contributed by atoms with Crippen molar-refractivity contribution in [1.82, 2.24) is 25.7 Å². The van der Waals surface area contributed by atoms with Crippen molar-refractivity contribution < 1.29 is 9.32 Å². The first-order valence-electron chi connectivity index (χ1n) is 5.45. The summed E-state index contributed by atoms with van der Waals surface area (Å²) in [6, 6.07) is 0. The zero-order chi connectivity index (χ0) is 13.1. The van der Waals surface area contributed by atoms with E-state index in [0.717, 1.165) is 0 Å². The Morgan fingerprint density at radius 2 is 2.28 bits per heavy atom. The molecule has 0 bridgehead atoms. The van der Waals surface area contributed by atoms with Gasteiger partial charge in [-0.1, -0.05) is 5.16 Å². The lowest BCUT2D eigenvalue weighted by atomic mass is 10.3. The maximum atomic E-state index is 11.7. The van der Waals surface area contributed by atoms with Gasteiger partial charge < -0.3 is 15.6 Å². The van der Waals surface area contributed by atoms with Gasteiger partial charge in [0.1, 0.15) is 0 Å². The van der Waals surface area contributed by atoms with Gasteiger partial charge in [-0.25, -0.2) is 0 Å². The predicted octanol–water partition coefficient (Wildman–Crippen LogP) is -0.0358. The van der Waals surface area contributed by atoms with Crippen molar-refractivity contribution in [3.8, 4) is 0 Å². The minimum Gasteiger partial charge on any atom is -0.395 e. The Morgan fingerprint density at radius 3 is 2.83 bits per heavy atom. The summed E-state index contributed by atoms with van der Waals surface area (Å²) in [5.74, 6) is 0.732. The van der Waals surface area contributed by atoms with E-state index in [4.69, 9.17) is 10.3 Å². The second kappa shape index (κ2) is 4.86. The Hall–Kier alpha value is -2.38. The Morgan fingerprint density at radius 1 is 1.50 bits per heavy atom. The largest absolute Gasteiger partial charge is 0.395 e. The molecule has 2 heterocycles. The van der Waals surface area contributed by atoms with Crippen LogP contribution in [-0.2, 0) is 6.42 Å². The number of aromatic amines is 1. The molecule has 2 aromatic rings. The van der Waals surface area contributed by atoms with Crippen LogP contribution < -0.4 is 11.1 Å². The number of H-pyrrole nitrogens is 1. The minimum atomic E-state index is -0.326. The molecule has 2 rings (SSSR count). The molecular formula is C10H14N6O2. The number of anilines is 1. The zero-order valence-electron chi connectivity index (χ0n) is 10.1. The minimum absolute atomic E-state index is 0.203. The summed E-state index contributed by atoms with van der Waals surface area (Å²) >= 11 is 0. The third kappa shape index (κ3) is 2.47. The molecular weight excluding hydrogens is 236 g/mol. The SMILES string of the molecule is Cc1noc(CCNC(=O)c2n[nH]c(C)c2N)n1. The lowest BCUT2D eigenvalue weighted by Crippen LogP contribution is -2.26. The molecule has 0 aliphatic heterocycles. The molecule has 8 nitrogen and oxygen atoms in total. The highest BCUT2D eigenvalue weighted by atomic mass is 16.5. The fourth-order valence-electron chi connectivity index (χ4n) is 1.42. The fraction of sp³-hybridized carbons (Fsp3) is 0.400. The normalized spacial score (nSPS) is 10.6. The van der Waals surface area contributed by atoms with Crippen LogP contribution in [0.5, 0.6) is 0 Å². The highest BCUT2D eigenvalue weighted by Gasteiger charge is 2.14. The van der Waals surface area contributed by atoms with Gasteiger partial charge in [0.15, 0.2) is 11.5 Å². The quantitative estimate of drug-likeness (QED) is 0.699. The number of nitrogens with one attached hydrogen (secondary N) is 2. The van der Waals surface area contributed by atoms with Gasteiger partial charge in [0.05, 0.1) is 11.4 Å². The Labute approximate surface area is 103 Å². The summed E-state index contributed by atoms with van der Waals surface area (Å²) in [6.07, 6.45) is 0.468. The predicted molar refractivity (Wildman–Crippen MR) is 62.8 cm³/mol. The number of carbonyl (C=O) groups is 1. The molecule has 2 aromatic heterocycles. The molecule has 0 unspecified atom stereocenters. The summed E-state index contributed by atoms with van der Waals surface area (Å²) in [7, 11) is 0. The summed E-state index contributed by atoms with van der Waals surface area (Å²) in [5, 5.41) is 12.8. The van der Waals surface area contributed by atoms with Crippen molar-refractivity contribution in [1.29, 1.82) is 0 Å². The number of aromatic nitrogens is 4. The van der Waals surface area contributed by atoms with E-state index in [1.54, 1.807) is 13.8 Å². The first kappa shape index (κ1) is 12.1. The van der Waals surface area contributed by atoms with Crippen LogP contribution in [0.15, 0.2) is 4.52 Å². The van der Waals surface area contributed by atoms with Gasteiger partial charge in [-0.3, -0.25) is 9.89 Å². The molecule has 0 aromatic carbocycles. The number of hydrogen-bond donors (Lipinski definition) is 3. The number of hydrogen-bond acceptors (Lipinski definition) is 6. The average molecular weight is 250 g/mol. The van der Waals surface area contributed by atoms with Crippen LogP contribution in [0.4, 0.5) is 5.69 Å². The Bertz CT molecular complexity index is 558. The lowest BCUT2D eigenvalue weighted by Gasteiger charge is -2.01. The van der Waals surface area contributed by atoms with Gasteiger partial charge in [-0.2, -0.15) is 10.1 Å². The van der Waals surface area contributed by atoms with E-state index >= 15 is 0 Å². The standard InChI is InChI=1S/C10H14N6O2/c1-5-8(11)9(15-14-5)10(17)12-4-3-7-13-6(2)16-18-7/h3-4,11H2,1-2H3,(H,12,17)(H,14,15). The first-order valence-corrected chi connectivity index (χ1v) is 5.45. The summed E-state index contributed by atoms with van der Waals surface area (Å²) < 4.78 is 4.92. The van der Waals surface area contributed by atoms with Crippen molar-refractivity contribution >= 4 is 11.6 Å². The van der Waals surface area contributed by atoms with Crippen molar-refractivity contribution in [3.05, 3.63) is 23.1 Å². The van der Waals surface area contributed by atoms with Gasteiger partial charge in [-0.05, 0) is 13.8 Å². The molecule has 0 saturated heterocycles. The number of nitrogen functional groups attached to an aromatic ring is 1. The molecule has 0 spiro atoms. The molecule has 4 N–H and O–H groups in total. The molecule has 96 valence electrons. The highest BCUT2D eigenvalue weighted by Crippen LogP contribution is 2.11. The molecule has 0 aliphatic rings. The van der Waals surface area contributed by atoms with Gasteiger partial charge >= 0.3 is 0 Å². The number of aryl methyl sites for hydroxylation is 2. The van der Waals surface area contributed by atoms with Crippen molar-refractivity contribution in [2.45, 2.75) is 20.3 Å². The molecule has 0 saturated carbocycles. The lowest BCUT2D eigenvalue weighted by molar-refractivity contribution is 0.0949. The second-order valence-corrected chi connectivity index (χ2v) is 3.85. The fourth-order valence-corrected chi connectivity index (χ4v) is 1.42. The van der Waals surface area contributed by atoms with E-state index in [0.29, 0.717) is 36.1 Å². The molecule has 18 heavy (non-hydrogen) atoms. The molecule has 0 radical (unpaired) electrons. The molecule has 1 amide bonds. The topological polar surface area (TPSA) is 123 Å². The molecule has 8 heteroatoms. The molecule has 0 fully saturated rings. The Kier molecular flexibility index (Phi) is 3.26. The van der Waals surface area contributed by atoms with Gasteiger partial charge in [0.25, 0.3) is 5.91 Å². The molecule has 0 aliphatic carbocycles. The zero-order valence-corrected chi connectivity index (χ0v) is 10.1. The van der Waals surface area contributed by atoms with Crippen LogP contribution in [0.3, 0.4) is 0 Å². The van der Waals surface area contributed by atoms with E-state index in [-0.39, 0.29) is 11.6 Å². The van der Waals surface area contributed by atoms with E-state index < -0.39 is 0 Å². The number of nitrogens with two attached hydrogens (primary N) is 1. The van der Waals surface area contributed by atoms with Gasteiger partial charge in [0, 0.05) is 13.0 Å². The van der Waals surface area contributed by atoms with Crippen LogP contribution in [0, 0.1) is 13.8 Å². The van der Waals surface area contributed by atoms with Gasteiger partial charge in [0.2, 0.25) is 5.89 Å². The highest BCUT2D eigenvalue weighted by molar-refractivity contribution is 5.97. The van der Waals surface area contributed by atoms with E-state index in [2.05, 4.69) is 25.7 Å². The summed E-state index contributed by atoms with van der Waals surface area (Å²) in [4.78, 5) is 15.8. The summed E-state index contributed by atoms with van der Waals surface area (Å²) in [5.41, 5.74) is 6.93. The van der Waals surface area contributed by atoms with Crippen LogP contribution in [0.1, 0.15) is 27.9 Å². The number of amides is 1. The maximum Gasteiger partial charge on any atom is 0.273 e. The number of carbonyl (C=O) groups excluding carboxylic acids is 1. The van der Waals surface area contributed by atoms with Crippen molar-refractivity contribution in [2.24, 2.45) is 0 Å². The van der Waals surface area contributed by atoms with Crippen LogP contribution in [0.2, 0.25) is 0 Å². The third-order valence-electron chi connectivity index (χ3n) is 2.40. The molecule has 0 atom stereocenters. The first-order chi connectivity index (χ1) is 8.58. The van der Waals surface area contributed by atoms with E-state index in [1.807, 2.05) is 0 Å². The maximum absolute atomic E-state index is 11.7. The Balaban J connectivity index is 1.87. The van der Waals surface area contributed by atoms with Gasteiger partial charge in [-0.15, -0.1) is 0 Å². The average Bonchev–Trinajstić information content (AvgIpc) is 2.87. The number of rotatable bonds is 4. The smallest absolute Gasteiger partial charge is 0.273 e. The van der Waals surface area contributed by atoms with Crippen LogP contribution in [0.25, 0.3) is 0 Å². The van der Waals surface area contributed by atoms with E-state index in [1.165, 1.54) is 0 Å². The monoisotopic (exact) mass is 250 g/mol. The van der Waals surface area contributed by atoms with Crippen molar-refractivity contribution in [2.75, 3.05) is 12.3 Å². The summed E-state index contributed by atoms with van der Waals surface area (Å²) in [6.45, 7) is 3.87. The van der Waals surface area contributed by atoms with Crippen LogP contribution >= 0.6 is 0 Å². The number of nitrogens with zero attached hydrogens (tertiary/aromatic N) is 3. The second-order valence-electron chi connectivity index (χ2n) is 3.85. The van der Waals surface area contributed by atoms with Crippen molar-refractivity contribution in [3.63, 3.8) is 0 Å². The third-order valence-corrected chi connectivity index (χ3v) is 2.40. The van der Waals surface area contributed by atoms with E-state index in [9.17, 15) is 4.79 Å². The van der Waals surface area contributed by atoms with Crippen LogP contribution in [-0.4, -0.2) is 32.8 Å².